The Hall–Kier alpha value is -0.218. The van der Waals surface area contributed by atoms with Gasteiger partial charge in [-0.3, -0.25) is 0 Å². The van der Waals surface area contributed by atoms with E-state index in [-0.39, 0.29) is 27.3 Å². The van der Waals surface area contributed by atoms with Crippen molar-refractivity contribution < 1.29 is 57.3 Å². The Morgan fingerprint density at radius 3 is 1.09 bits per heavy atom. The van der Waals surface area contributed by atoms with E-state index >= 15 is 0 Å². The van der Waals surface area contributed by atoms with E-state index in [1.807, 2.05) is 0 Å². The van der Waals surface area contributed by atoms with E-state index in [4.69, 9.17) is 30.0 Å². The second-order valence-electron chi connectivity index (χ2n) is 1.06. The molecule has 6 nitrogen and oxygen atoms in total. The van der Waals surface area contributed by atoms with Gasteiger partial charge in [0.15, 0.2) is 0 Å². The maximum atomic E-state index is 9.01. The van der Waals surface area contributed by atoms with Gasteiger partial charge in [-0.2, -0.15) is 0 Å². The van der Waals surface area contributed by atoms with Crippen molar-refractivity contribution in [2.75, 3.05) is 13.2 Å². The number of hydrogen-bond acceptors (Lipinski definition) is 6. The summed E-state index contributed by atoms with van der Waals surface area (Å²) in [4.78, 5) is 18.0. The van der Waals surface area contributed by atoms with Gasteiger partial charge in [0.25, 0.3) is 0 Å². The van der Waals surface area contributed by atoms with Crippen molar-refractivity contribution in [1.82, 2.24) is 0 Å². The first-order valence-corrected chi connectivity index (χ1v) is 2.16. The smallest absolute Gasteiger partial charge is 0.548 e. The number of carboxylic acids is 2. The van der Waals surface area contributed by atoms with Crippen LogP contribution in [0.4, 0.5) is 0 Å². The van der Waals surface area contributed by atoms with Crippen molar-refractivity contribution in [3.8, 4) is 0 Å². The largest absolute Gasteiger partial charge is 2.00 e. The summed E-state index contributed by atoms with van der Waals surface area (Å²) in [6.07, 6.45) is 0. The van der Waals surface area contributed by atoms with Crippen molar-refractivity contribution in [1.29, 1.82) is 0 Å². The normalized spacial score (nSPS) is 6.73. The maximum absolute atomic E-state index is 9.01. The summed E-state index contributed by atoms with van der Waals surface area (Å²) >= 11 is 0. The Bertz CT molecular complexity index is 99.1. The molecule has 0 aromatic carbocycles. The van der Waals surface area contributed by atoms with Crippen molar-refractivity contribution in [3.05, 3.63) is 0 Å². The molecule has 0 fully saturated rings. The Labute approximate surface area is 82.6 Å². The van der Waals surface area contributed by atoms with Gasteiger partial charge in [-0.15, -0.1) is 0 Å². The Balaban J connectivity index is -0.000000107. The fourth-order valence-electron chi connectivity index (χ4n) is 0. The van der Waals surface area contributed by atoms with Crippen LogP contribution in [0.2, 0.25) is 0 Å². The average molecular weight is 262 g/mol. The van der Waals surface area contributed by atoms with E-state index in [1.165, 1.54) is 0 Å². The van der Waals surface area contributed by atoms with Crippen molar-refractivity contribution in [3.63, 3.8) is 0 Å². The first-order chi connectivity index (χ1) is 4.54. The van der Waals surface area contributed by atoms with Gasteiger partial charge in [0.1, 0.15) is 0 Å². The number of carboxylic acid groups (broad SMARTS) is 2. The van der Waals surface area contributed by atoms with Crippen LogP contribution in [0, 0.1) is 0 Å². The molecule has 11 heavy (non-hydrogen) atoms. The second-order valence-corrected chi connectivity index (χ2v) is 1.06. The molecule has 0 saturated heterocycles. The summed E-state index contributed by atoms with van der Waals surface area (Å²) < 4.78 is 0. The van der Waals surface area contributed by atoms with Gasteiger partial charge in [0, 0.05) is 0 Å². The SMILES string of the molecule is O=C([O-])CO.O=C([O-])CO.[Cd+2]. The molecule has 60 valence electrons. The third-order valence-corrected chi connectivity index (χ3v) is 0.258. The summed E-state index contributed by atoms with van der Waals surface area (Å²) in [6, 6.07) is 0. The van der Waals surface area contributed by atoms with E-state index in [9.17, 15) is 0 Å². The molecule has 0 unspecified atom stereocenters. The standard InChI is InChI=1S/2C2H4O3.Cd/c2*3-1-2(4)5;/h2*3H,1H2,(H,4,5);/q;;+2/p-2. The summed E-state index contributed by atoms with van der Waals surface area (Å²) in [7, 11) is 0. The van der Waals surface area contributed by atoms with Crippen LogP contribution in [-0.2, 0) is 36.9 Å². The molecule has 0 heterocycles. The van der Waals surface area contributed by atoms with Crippen LogP contribution in [-0.4, -0.2) is 35.4 Å². The zero-order valence-corrected chi connectivity index (χ0v) is 9.69. The fourth-order valence-corrected chi connectivity index (χ4v) is 0. The van der Waals surface area contributed by atoms with Crippen LogP contribution < -0.4 is 10.2 Å². The second kappa shape index (κ2) is 12.5. The molecule has 0 aromatic rings. The molecule has 0 atom stereocenters. The van der Waals surface area contributed by atoms with Gasteiger partial charge in [-0.1, -0.05) is 0 Å². The summed E-state index contributed by atoms with van der Waals surface area (Å²) in [6.45, 7) is -1.78. The zero-order chi connectivity index (χ0) is 8.57. The van der Waals surface area contributed by atoms with Crippen LogP contribution in [0.3, 0.4) is 0 Å². The first kappa shape index (κ1) is 17.0. The van der Waals surface area contributed by atoms with Crippen LogP contribution in [0.5, 0.6) is 0 Å². The molecule has 0 amide bonds. The minimum absolute atomic E-state index is 0. The van der Waals surface area contributed by atoms with Gasteiger partial charge < -0.3 is 30.0 Å². The predicted octanol–water partition coefficient (Wildman–Crippen LogP) is -4.55. The Kier molecular flexibility index (Phi) is 19.3. The molecule has 7 heteroatoms. The molecule has 0 rings (SSSR count). The maximum Gasteiger partial charge on any atom is 2.00 e. The number of rotatable bonds is 2. The summed E-state index contributed by atoms with van der Waals surface area (Å²) in [5.74, 6) is -2.88. The van der Waals surface area contributed by atoms with Gasteiger partial charge >= 0.3 is 27.3 Å². The van der Waals surface area contributed by atoms with E-state index < -0.39 is 25.2 Å². The number of carbonyl (C=O) groups is 2. The summed E-state index contributed by atoms with van der Waals surface area (Å²) in [5, 5.41) is 33.0. The van der Waals surface area contributed by atoms with Crippen LogP contribution >= 0.6 is 0 Å². The first-order valence-electron chi connectivity index (χ1n) is 2.16. The molecule has 0 saturated carbocycles. The molecular formula is C4H6CdO6. The fraction of sp³-hybridized carbons (Fsp3) is 0.500. The number of carbonyl (C=O) groups excluding carboxylic acids is 2. The molecule has 0 bridgehead atoms. The molecule has 2 N–H and O–H groups in total. The monoisotopic (exact) mass is 264 g/mol. The molecule has 0 radical (unpaired) electrons. The summed E-state index contributed by atoms with van der Waals surface area (Å²) in [5.41, 5.74) is 0. The van der Waals surface area contributed by atoms with Crippen LogP contribution in [0.25, 0.3) is 0 Å². The predicted molar refractivity (Wildman–Crippen MR) is 24.2 cm³/mol. The molecule has 0 aliphatic rings. The van der Waals surface area contributed by atoms with E-state index in [0.29, 0.717) is 0 Å². The third kappa shape index (κ3) is 41.4. The van der Waals surface area contributed by atoms with Gasteiger partial charge in [0.05, 0.1) is 25.2 Å². The Morgan fingerprint density at radius 1 is 1.00 bits per heavy atom. The molecule has 0 aliphatic carbocycles. The third-order valence-electron chi connectivity index (χ3n) is 0.258. The van der Waals surface area contributed by atoms with Crippen LogP contribution in [0.15, 0.2) is 0 Å². The quantitative estimate of drug-likeness (QED) is 0.484. The van der Waals surface area contributed by atoms with Gasteiger partial charge in [-0.05, 0) is 0 Å². The van der Waals surface area contributed by atoms with Crippen LogP contribution in [0.1, 0.15) is 0 Å². The minimum Gasteiger partial charge on any atom is -0.548 e. The Morgan fingerprint density at radius 2 is 1.09 bits per heavy atom. The van der Waals surface area contributed by atoms with E-state index in [0.717, 1.165) is 0 Å². The molecule has 0 aliphatic heterocycles. The average Bonchev–Trinajstić information content (AvgIpc) is 1.89. The molecular weight excluding hydrogens is 256 g/mol. The van der Waals surface area contributed by atoms with Crippen molar-refractivity contribution in [2.24, 2.45) is 0 Å². The molecule has 0 aromatic heterocycles. The topological polar surface area (TPSA) is 121 Å². The number of aliphatic carboxylic acids is 2. The van der Waals surface area contributed by atoms with Gasteiger partial charge in [0.2, 0.25) is 0 Å². The van der Waals surface area contributed by atoms with Crippen molar-refractivity contribution in [2.45, 2.75) is 0 Å². The molecule has 0 spiro atoms. The van der Waals surface area contributed by atoms with Crippen molar-refractivity contribution >= 4 is 11.9 Å². The van der Waals surface area contributed by atoms with Gasteiger partial charge in [-0.25, -0.2) is 0 Å². The number of aliphatic hydroxyl groups is 2. The minimum atomic E-state index is -1.44. The van der Waals surface area contributed by atoms with E-state index in [2.05, 4.69) is 0 Å². The number of aliphatic hydroxyl groups excluding tert-OH is 2. The van der Waals surface area contributed by atoms with E-state index in [1.54, 1.807) is 0 Å². The number of hydrogen-bond donors (Lipinski definition) is 2. The zero-order valence-electron chi connectivity index (χ0n) is 5.65.